The van der Waals surface area contributed by atoms with Gasteiger partial charge in [0.25, 0.3) is 0 Å². The molecule has 1 aromatic rings. The fraction of sp³-hybridized carbons (Fsp3) is 0.615. The molecule has 0 fully saturated rings. The lowest BCUT2D eigenvalue weighted by atomic mass is 10.2. The van der Waals surface area contributed by atoms with E-state index in [0.717, 1.165) is 11.8 Å². The standard InChI is InChI=1S/C6H10N2O.C4H10.C3H3NO2/c1-4(2)6-7-3-5(9)8-6;1-4(2)3;5-3-1-2-4-6-3/h4H,3H2,1-2H3,(H,7,8,9);4H,1-3H3;1-2,4H. The predicted molar refractivity (Wildman–Crippen MR) is 75.1 cm³/mol. The summed E-state index contributed by atoms with van der Waals surface area (Å²) < 4.78 is 4.15. The minimum absolute atomic E-state index is 0.0127. The maximum atomic E-state index is 10.5. The average molecular weight is 269 g/mol. The van der Waals surface area contributed by atoms with E-state index in [2.05, 4.69) is 40.8 Å². The van der Waals surface area contributed by atoms with Gasteiger partial charge in [-0.2, -0.15) is 0 Å². The Morgan fingerprint density at radius 1 is 1.21 bits per heavy atom. The number of aliphatic imine (C=N–C) groups is 1. The quantitative estimate of drug-likeness (QED) is 0.815. The van der Waals surface area contributed by atoms with E-state index < -0.39 is 0 Å². The van der Waals surface area contributed by atoms with Gasteiger partial charge < -0.3 is 9.84 Å². The van der Waals surface area contributed by atoms with Gasteiger partial charge in [0.1, 0.15) is 12.4 Å². The van der Waals surface area contributed by atoms with Crippen LogP contribution < -0.4 is 10.9 Å². The zero-order chi connectivity index (χ0) is 14.8. The zero-order valence-electron chi connectivity index (χ0n) is 12.2. The van der Waals surface area contributed by atoms with Crippen molar-refractivity contribution in [1.29, 1.82) is 0 Å². The first-order chi connectivity index (χ1) is 8.82. The van der Waals surface area contributed by atoms with Gasteiger partial charge in [-0.25, -0.2) is 9.95 Å². The molecule has 0 saturated carbocycles. The van der Waals surface area contributed by atoms with Crippen molar-refractivity contribution in [3.8, 4) is 0 Å². The summed E-state index contributed by atoms with van der Waals surface area (Å²) in [5.41, 5.74) is -0.338. The van der Waals surface area contributed by atoms with Gasteiger partial charge in [0.05, 0.1) is 0 Å². The number of nitrogens with one attached hydrogen (secondary N) is 2. The van der Waals surface area contributed by atoms with Crippen LogP contribution in [0.3, 0.4) is 0 Å². The Balaban J connectivity index is 0.000000281. The summed E-state index contributed by atoms with van der Waals surface area (Å²) in [6, 6.07) is 1.31. The second kappa shape index (κ2) is 9.13. The van der Waals surface area contributed by atoms with Gasteiger partial charge in [-0.3, -0.25) is 9.79 Å². The molecule has 6 nitrogen and oxygen atoms in total. The Morgan fingerprint density at radius 3 is 1.95 bits per heavy atom. The lowest BCUT2D eigenvalue weighted by molar-refractivity contribution is -0.117. The smallest absolute Gasteiger partial charge is 0.339 e. The number of hydrogen-bond donors (Lipinski definition) is 2. The van der Waals surface area contributed by atoms with Crippen molar-refractivity contribution >= 4 is 11.7 Å². The second-order valence-electron chi connectivity index (χ2n) is 5.01. The van der Waals surface area contributed by atoms with Gasteiger partial charge in [-0.15, -0.1) is 0 Å². The molecule has 0 aromatic carbocycles. The summed E-state index contributed by atoms with van der Waals surface area (Å²) in [7, 11) is 0. The number of carbonyl (C=O) groups is 1. The van der Waals surface area contributed by atoms with E-state index in [-0.39, 0.29) is 11.5 Å². The lowest BCUT2D eigenvalue weighted by Crippen LogP contribution is -2.27. The summed E-state index contributed by atoms with van der Waals surface area (Å²) in [6.07, 6.45) is 1.43. The predicted octanol–water partition coefficient (Wildman–Crippen LogP) is 1.80. The van der Waals surface area contributed by atoms with Gasteiger partial charge in [0.15, 0.2) is 0 Å². The van der Waals surface area contributed by atoms with E-state index in [4.69, 9.17) is 0 Å². The molecule has 0 aliphatic carbocycles. The van der Waals surface area contributed by atoms with Gasteiger partial charge in [-0.05, 0) is 5.92 Å². The summed E-state index contributed by atoms with van der Waals surface area (Å²) in [6.45, 7) is 10.8. The third kappa shape index (κ3) is 9.82. The Labute approximate surface area is 113 Å². The van der Waals surface area contributed by atoms with Crippen LogP contribution in [0.4, 0.5) is 0 Å². The zero-order valence-corrected chi connectivity index (χ0v) is 12.2. The number of carbonyl (C=O) groups excluding carboxylic acids is 1. The molecule has 0 bridgehead atoms. The van der Waals surface area contributed by atoms with Crippen molar-refractivity contribution in [1.82, 2.24) is 10.5 Å². The molecule has 0 atom stereocenters. The van der Waals surface area contributed by atoms with Crippen molar-refractivity contribution in [3.63, 3.8) is 0 Å². The molecule has 1 aromatic heterocycles. The highest BCUT2D eigenvalue weighted by atomic mass is 16.5. The summed E-state index contributed by atoms with van der Waals surface area (Å²) in [5.74, 6) is 2.01. The fourth-order valence-electron chi connectivity index (χ4n) is 0.934. The molecule has 0 unspecified atom stereocenters. The summed E-state index contributed by atoms with van der Waals surface area (Å²) in [4.78, 5) is 24.4. The maximum absolute atomic E-state index is 10.5. The number of nitrogens with zero attached hydrogens (tertiary/aromatic N) is 1. The van der Waals surface area contributed by atoms with Gasteiger partial charge in [0.2, 0.25) is 5.91 Å². The summed E-state index contributed by atoms with van der Waals surface area (Å²) in [5, 5.41) is 4.91. The molecule has 1 aliphatic heterocycles. The molecule has 19 heavy (non-hydrogen) atoms. The highest BCUT2D eigenvalue weighted by Crippen LogP contribution is 1.98. The number of hydrogen-bond acceptors (Lipinski definition) is 4. The molecule has 0 radical (unpaired) electrons. The average Bonchev–Trinajstić information content (AvgIpc) is 2.89. The van der Waals surface area contributed by atoms with Crippen LogP contribution in [0.1, 0.15) is 34.6 Å². The largest absolute Gasteiger partial charge is 0.357 e. The van der Waals surface area contributed by atoms with Crippen molar-refractivity contribution in [2.75, 3.05) is 6.54 Å². The Bertz CT molecular complexity index is 424. The van der Waals surface area contributed by atoms with Crippen LogP contribution in [0.2, 0.25) is 0 Å². The number of aromatic nitrogens is 1. The first-order valence-corrected chi connectivity index (χ1v) is 6.30. The molecule has 0 spiro atoms. The number of rotatable bonds is 1. The number of amides is 1. The third-order valence-corrected chi connectivity index (χ3v) is 1.65. The molecule has 2 rings (SSSR count). The van der Waals surface area contributed by atoms with Crippen molar-refractivity contribution in [2.45, 2.75) is 34.6 Å². The minimum Gasteiger partial charge on any atom is -0.339 e. The van der Waals surface area contributed by atoms with Crippen LogP contribution >= 0.6 is 0 Å². The fourth-order valence-corrected chi connectivity index (χ4v) is 0.934. The number of H-pyrrole nitrogens is 1. The summed E-state index contributed by atoms with van der Waals surface area (Å²) >= 11 is 0. The SMILES string of the molecule is CC(C)C.CC(C)C1=NCC(=O)N1.O=c1cc[nH]o1. The highest BCUT2D eigenvalue weighted by molar-refractivity contribution is 6.04. The number of amidine groups is 1. The van der Waals surface area contributed by atoms with Crippen LogP contribution in [-0.4, -0.2) is 23.4 Å². The van der Waals surface area contributed by atoms with E-state index in [1.165, 1.54) is 12.3 Å². The maximum Gasteiger partial charge on any atom is 0.357 e. The minimum atomic E-state index is -0.338. The molecular formula is C13H23N3O3. The van der Waals surface area contributed by atoms with Crippen LogP contribution in [0.15, 0.2) is 26.6 Å². The van der Waals surface area contributed by atoms with Crippen molar-refractivity contribution < 1.29 is 9.32 Å². The lowest BCUT2D eigenvalue weighted by Gasteiger charge is -2.01. The molecule has 2 heterocycles. The molecule has 0 saturated heterocycles. The Morgan fingerprint density at radius 2 is 1.79 bits per heavy atom. The van der Waals surface area contributed by atoms with Gasteiger partial charge >= 0.3 is 5.63 Å². The number of aromatic amines is 1. The van der Waals surface area contributed by atoms with E-state index in [0.29, 0.717) is 12.5 Å². The molecule has 1 amide bonds. The first kappa shape index (κ1) is 17.2. The topological polar surface area (TPSA) is 87.5 Å². The van der Waals surface area contributed by atoms with Gasteiger partial charge in [-0.1, -0.05) is 34.6 Å². The Hall–Kier alpha value is -1.85. The Kier molecular flexibility index (Phi) is 8.24. The van der Waals surface area contributed by atoms with Crippen LogP contribution in [0.25, 0.3) is 0 Å². The second-order valence-corrected chi connectivity index (χ2v) is 5.01. The highest BCUT2D eigenvalue weighted by Gasteiger charge is 2.14. The van der Waals surface area contributed by atoms with Crippen LogP contribution in [-0.2, 0) is 4.79 Å². The molecule has 2 N–H and O–H groups in total. The van der Waals surface area contributed by atoms with Crippen molar-refractivity contribution in [3.05, 3.63) is 22.7 Å². The molecule has 6 heteroatoms. The van der Waals surface area contributed by atoms with Crippen LogP contribution in [0, 0.1) is 11.8 Å². The van der Waals surface area contributed by atoms with E-state index in [1.54, 1.807) is 0 Å². The molecule has 1 aliphatic rings. The van der Waals surface area contributed by atoms with Crippen LogP contribution in [0.5, 0.6) is 0 Å². The molecule has 108 valence electrons. The van der Waals surface area contributed by atoms with E-state index in [1.807, 2.05) is 13.8 Å². The van der Waals surface area contributed by atoms with Crippen molar-refractivity contribution in [2.24, 2.45) is 16.8 Å². The van der Waals surface area contributed by atoms with E-state index >= 15 is 0 Å². The molecular weight excluding hydrogens is 246 g/mol. The van der Waals surface area contributed by atoms with E-state index in [9.17, 15) is 9.59 Å². The van der Waals surface area contributed by atoms with Gasteiger partial charge in [0, 0.05) is 18.2 Å². The normalized spacial score (nSPS) is 13.2. The first-order valence-electron chi connectivity index (χ1n) is 6.30. The monoisotopic (exact) mass is 269 g/mol. The third-order valence-electron chi connectivity index (χ3n) is 1.65.